The first-order valence-corrected chi connectivity index (χ1v) is 10.5. The SMILES string of the molecule is CCC/C=C\c1c(N2CCOC2=O)cc(N2CCOCC2)nc1C.Cc1ccn[nH]1. The Morgan fingerprint density at radius 2 is 2.00 bits per heavy atom. The molecule has 8 nitrogen and oxygen atoms in total. The minimum atomic E-state index is -0.279. The zero-order valence-electron chi connectivity index (χ0n) is 18.1. The maximum atomic E-state index is 12.1. The lowest BCUT2D eigenvalue weighted by Gasteiger charge is -2.29. The Hall–Kier alpha value is -2.87. The van der Waals surface area contributed by atoms with Crippen LogP contribution in [0.15, 0.2) is 24.4 Å². The summed E-state index contributed by atoms with van der Waals surface area (Å²) in [5, 5.41) is 6.45. The molecule has 0 bridgehead atoms. The minimum Gasteiger partial charge on any atom is -0.447 e. The molecule has 2 saturated heterocycles. The Morgan fingerprint density at radius 3 is 2.57 bits per heavy atom. The first-order valence-electron chi connectivity index (χ1n) is 10.5. The quantitative estimate of drug-likeness (QED) is 0.804. The minimum absolute atomic E-state index is 0.279. The van der Waals surface area contributed by atoms with E-state index >= 15 is 0 Å². The molecule has 8 heteroatoms. The molecular weight excluding hydrogens is 382 g/mol. The lowest BCUT2D eigenvalue weighted by Crippen LogP contribution is -2.37. The second kappa shape index (κ2) is 10.8. The Kier molecular flexibility index (Phi) is 7.84. The van der Waals surface area contributed by atoms with E-state index in [1.54, 1.807) is 11.1 Å². The van der Waals surface area contributed by atoms with Gasteiger partial charge in [0.15, 0.2) is 0 Å². The van der Waals surface area contributed by atoms with Crippen molar-refractivity contribution in [3.05, 3.63) is 41.4 Å². The molecule has 30 heavy (non-hydrogen) atoms. The summed E-state index contributed by atoms with van der Waals surface area (Å²) < 4.78 is 10.6. The second-order valence-electron chi connectivity index (χ2n) is 7.29. The van der Waals surface area contributed by atoms with E-state index < -0.39 is 0 Å². The molecule has 0 aromatic carbocycles. The van der Waals surface area contributed by atoms with Crippen LogP contribution in [0.3, 0.4) is 0 Å². The first-order chi connectivity index (χ1) is 14.6. The summed E-state index contributed by atoms with van der Waals surface area (Å²) in [5.74, 6) is 0.901. The number of morpholine rings is 1. The van der Waals surface area contributed by atoms with Gasteiger partial charge in [-0.15, -0.1) is 0 Å². The predicted molar refractivity (Wildman–Crippen MR) is 118 cm³/mol. The van der Waals surface area contributed by atoms with Crippen LogP contribution in [-0.4, -0.2) is 60.7 Å². The molecule has 2 aromatic rings. The van der Waals surface area contributed by atoms with Crippen molar-refractivity contribution in [2.45, 2.75) is 33.6 Å². The monoisotopic (exact) mass is 413 g/mol. The van der Waals surface area contributed by atoms with Gasteiger partial charge in [-0.2, -0.15) is 5.10 Å². The number of anilines is 2. The van der Waals surface area contributed by atoms with E-state index in [1.807, 2.05) is 26.0 Å². The van der Waals surface area contributed by atoms with Gasteiger partial charge in [0, 0.05) is 42.3 Å². The van der Waals surface area contributed by atoms with Crippen LogP contribution in [0.1, 0.15) is 36.7 Å². The number of nitrogens with zero attached hydrogens (tertiary/aromatic N) is 4. The van der Waals surface area contributed by atoms with Crippen LogP contribution >= 0.6 is 0 Å². The van der Waals surface area contributed by atoms with Gasteiger partial charge >= 0.3 is 6.09 Å². The summed E-state index contributed by atoms with van der Waals surface area (Å²) in [6, 6.07) is 3.93. The molecule has 2 aliphatic heterocycles. The number of H-pyrrole nitrogens is 1. The Morgan fingerprint density at radius 1 is 1.20 bits per heavy atom. The van der Waals surface area contributed by atoms with Crippen LogP contribution in [0.5, 0.6) is 0 Å². The number of amides is 1. The maximum absolute atomic E-state index is 12.1. The van der Waals surface area contributed by atoms with Gasteiger partial charge in [0.1, 0.15) is 12.4 Å². The van der Waals surface area contributed by atoms with Crippen molar-refractivity contribution < 1.29 is 14.3 Å². The van der Waals surface area contributed by atoms with Gasteiger partial charge in [0.05, 0.1) is 25.4 Å². The summed E-state index contributed by atoms with van der Waals surface area (Å²) >= 11 is 0. The highest BCUT2D eigenvalue weighted by Gasteiger charge is 2.27. The Balaban J connectivity index is 0.000000367. The third kappa shape index (κ3) is 5.60. The van der Waals surface area contributed by atoms with Crippen molar-refractivity contribution in [3.63, 3.8) is 0 Å². The molecule has 0 atom stereocenters. The summed E-state index contributed by atoms with van der Waals surface area (Å²) in [4.78, 5) is 20.8. The van der Waals surface area contributed by atoms with Crippen molar-refractivity contribution in [2.24, 2.45) is 0 Å². The van der Waals surface area contributed by atoms with Crippen molar-refractivity contribution >= 4 is 23.7 Å². The van der Waals surface area contributed by atoms with Crippen molar-refractivity contribution in [1.82, 2.24) is 15.2 Å². The average molecular weight is 414 g/mol. The number of hydrogen-bond acceptors (Lipinski definition) is 6. The molecule has 0 saturated carbocycles. The number of aromatic amines is 1. The number of unbranched alkanes of at least 4 members (excludes halogenated alkanes) is 1. The number of nitrogens with one attached hydrogen (secondary N) is 1. The number of aryl methyl sites for hydroxylation is 2. The third-order valence-electron chi connectivity index (χ3n) is 4.98. The van der Waals surface area contributed by atoms with Gasteiger partial charge in [-0.1, -0.05) is 25.5 Å². The standard InChI is InChI=1S/C18H25N3O3.C4H6N2/c1-3-4-5-6-15-14(2)19-17(20-7-10-23-11-8-20)13-16(15)21-9-12-24-18(21)22;1-4-2-3-5-6-4/h5-6,13H,3-4,7-12H2,1-2H3;2-3H,1H3,(H,5,6)/b6-5-;. The average Bonchev–Trinajstić information content (AvgIpc) is 3.41. The summed E-state index contributed by atoms with van der Waals surface area (Å²) in [7, 11) is 0. The van der Waals surface area contributed by atoms with E-state index in [0.717, 1.165) is 54.4 Å². The van der Waals surface area contributed by atoms with E-state index in [1.165, 1.54) is 0 Å². The molecule has 1 N–H and O–H groups in total. The van der Waals surface area contributed by atoms with Gasteiger partial charge in [-0.05, 0) is 26.3 Å². The zero-order valence-corrected chi connectivity index (χ0v) is 18.1. The molecule has 1 amide bonds. The number of cyclic esters (lactones) is 1. The number of hydrogen-bond donors (Lipinski definition) is 1. The molecule has 4 rings (SSSR count). The molecule has 162 valence electrons. The predicted octanol–water partition coefficient (Wildman–Crippen LogP) is 3.71. The number of pyridine rings is 1. The highest BCUT2D eigenvalue weighted by molar-refractivity contribution is 5.93. The molecule has 2 aromatic heterocycles. The number of ether oxygens (including phenoxy) is 2. The highest BCUT2D eigenvalue weighted by Crippen LogP contribution is 2.31. The topological polar surface area (TPSA) is 83.6 Å². The molecule has 0 unspecified atom stereocenters. The van der Waals surface area contributed by atoms with E-state index in [2.05, 4.69) is 34.2 Å². The van der Waals surface area contributed by atoms with Crippen molar-refractivity contribution in [2.75, 3.05) is 49.3 Å². The van der Waals surface area contributed by atoms with Crippen molar-refractivity contribution in [1.29, 1.82) is 0 Å². The van der Waals surface area contributed by atoms with Gasteiger partial charge in [-0.25, -0.2) is 9.78 Å². The van der Waals surface area contributed by atoms with Crippen LogP contribution in [0.4, 0.5) is 16.3 Å². The first kappa shape index (κ1) is 21.8. The number of carbonyl (C=O) groups excluding carboxylic acids is 1. The summed E-state index contributed by atoms with van der Waals surface area (Å²) in [6.07, 6.45) is 7.78. The fourth-order valence-corrected chi connectivity index (χ4v) is 3.34. The summed E-state index contributed by atoms with van der Waals surface area (Å²) in [5.41, 5.74) is 3.93. The highest BCUT2D eigenvalue weighted by atomic mass is 16.6. The Bertz CT molecular complexity index is 845. The van der Waals surface area contributed by atoms with E-state index in [-0.39, 0.29) is 6.09 Å². The molecule has 4 heterocycles. The maximum Gasteiger partial charge on any atom is 0.414 e. The smallest absolute Gasteiger partial charge is 0.414 e. The van der Waals surface area contributed by atoms with Crippen LogP contribution in [0.25, 0.3) is 6.08 Å². The molecule has 2 fully saturated rings. The number of rotatable bonds is 5. The lowest BCUT2D eigenvalue weighted by molar-refractivity contribution is 0.122. The summed E-state index contributed by atoms with van der Waals surface area (Å²) in [6.45, 7) is 10.2. The normalized spacial score (nSPS) is 16.6. The van der Waals surface area contributed by atoms with Crippen LogP contribution in [0, 0.1) is 13.8 Å². The van der Waals surface area contributed by atoms with Crippen LogP contribution in [-0.2, 0) is 9.47 Å². The fraction of sp³-hybridized carbons (Fsp3) is 0.500. The number of allylic oxidation sites excluding steroid dienone is 1. The largest absolute Gasteiger partial charge is 0.447 e. The Labute approximate surface area is 177 Å². The van der Waals surface area contributed by atoms with Crippen LogP contribution in [0.2, 0.25) is 0 Å². The van der Waals surface area contributed by atoms with Gasteiger partial charge in [0.25, 0.3) is 0 Å². The van der Waals surface area contributed by atoms with Crippen molar-refractivity contribution in [3.8, 4) is 0 Å². The second-order valence-corrected chi connectivity index (χ2v) is 7.29. The number of carbonyl (C=O) groups is 1. The lowest BCUT2D eigenvalue weighted by atomic mass is 10.1. The van der Waals surface area contributed by atoms with E-state index in [4.69, 9.17) is 14.5 Å². The van der Waals surface area contributed by atoms with E-state index in [0.29, 0.717) is 26.4 Å². The fourth-order valence-electron chi connectivity index (χ4n) is 3.34. The molecule has 2 aliphatic rings. The van der Waals surface area contributed by atoms with Gasteiger partial charge < -0.3 is 14.4 Å². The molecule has 0 radical (unpaired) electrons. The van der Waals surface area contributed by atoms with E-state index in [9.17, 15) is 4.79 Å². The third-order valence-corrected chi connectivity index (χ3v) is 4.98. The zero-order chi connectivity index (χ0) is 21.3. The van der Waals surface area contributed by atoms with Gasteiger partial charge in [0.2, 0.25) is 0 Å². The number of aromatic nitrogens is 3. The molecule has 0 spiro atoms. The molecular formula is C22H31N5O3. The van der Waals surface area contributed by atoms with Crippen LogP contribution < -0.4 is 9.80 Å². The van der Waals surface area contributed by atoms with Gasteiger partial charge in [-0.3, -0.25) is 10.00 Å². The molecule has 0 aliphatic carbocycles.